The van der Waals surface area contributed by atoms with Crippen molar-refractivity contribution in [3.8, 4) is 0 Å². The van der Waals surface area contributed by atoms with E-state index in [1.165, 1.54) is 12.6 Å². The Bertz CT molecular complexity index is 183. The van der Waals surface area contributed by atoms with Crippen LogP contribution in [0.15, 0.2) is 0 Å². The van der Waals surface area contributed by atoms with E-state index in [1.54, 1.807) is 0 Å². The van der Waals surface area contributed by atoms with Crippen molar-refractivity contribution in [1.82, 2.24) is 0 Å². The molecule has 1 saturated carbocycles. The van der Waals surface area contributed by atoms with Crippen molar-refractivity contribution in [3.05, 3.63) is 0 Å². The van der Waals surface area contributed by atoms with E-state index in [0.717, 1.165) is 25.7 Å². The molecule has 0 unspecified atom stereocenters. The summed E-state index contributed by atoms with van der Waals surface area (Å²) in [7, 11) is 0. The molecule has 0 aromatic rings. The van der Waals surface area contributed by atoms with Gasteiger partial charge in [0.25, 0.3) is 0 Å². The van der Waals surface area contributed by atoms with Gasteiger partial charge in [0.2, 0.25) is 0 Å². The Morgan fingerprint density at radius 2 is 2.00 bits per heavy atom. The van der Waals surface area contributed by atoms with Crippen LogP contribution in [0.4, 0.5) is 0 Å². The molecule has 3 heteroatoms. The monoisotopic (exact) mass is 169 g/mol. The molecule has 2 N–H and O–H groups in total. The average Bonchev–Trinajstić information content (AvgIpc) is 2.05. The molecule has 0 spiro atoms. The molecule has 0 radical (unpaired) electrons. The van der Waals surface area contributed by atoms with E-state index in [2.05, 4.69) is 0 Å². The zero-order chi connectivity index (χ0) is 9.03. The molecule has 3 nitrogen and oxygen atoms in total. The second-order valence-corrected chi connectivity index (χ2v) is 3.64. The quantitative estimate of drug-likeness (QED) is 0.635. The molecule has 0 aliphatic heterocycles. The molecular weight excluding hydrogens is 154 g/mol. The summed E-state index contributed by atoms with van der Waals surface area (Å²) in [5.74, 6) is -0.777. The fourth-order valence-electron chi connectivity index (χ4n) is 1.93. The summed E-state index contributed by atoms with van der Waals surface area (Å²) >= 11 is 0. The van der Waals surface area contributed by atoms with Gasteiger partial charge in [-0.1, -0.05) is 19.3 Å². The standard InChI is InChI=1S/C9H15NO2/c10-7-9(6-8(11)12)4-2-1-3-5-9/h7,10H,1-6H2,(H,11,12). The Kier molecular flexibility index (Phi) is 2.84. The van der Waals surface area contributed by atoms with Crippen LogP contribution in [0, 0.1) is 10.8 Å². The van der Waals surface area contributed by atoms with E-state index in [1.807, 2.05) is 0 Å². The van der Waals surface area contributed by atoms with Gasteiger partial charge in [-0.3, -0.25) is 4.79 Å². The smallest absolute Gasteiger partial charge is 0.304 e. The fraction of sp³-hybridized carbons (Fsp3) is 0.778. The van der Waals surface area contributed by atoms with Crippen molar-refractivity contribution < 1.29 is 9.90 Å². The number of rotatable bonds is 3. The molecule has 0 heterocycles. The first kappa shape index (κ1) is 9.23. The second kappa shape index (κ2) is 3.70. The lowest BCUT2D eigenvalue weighted by Gasteiger charge is -2.31. The third-order valence-electron chi connectivity index (χ3n) is 2.66. The highest BCUT2D eigenvalue weighted by Gasteiger charge is 2.32. The highest BCUT2D eigenvalue weighted by molar-refractivity contribution is 5.75. The zero-order valence-corrected chi connectivity index (χ0v) is 7.18. The molecule has 0 aromatic carbocycles. The molecule has 1 rings (SSSR count). The van der Waals surface area contributed by atoms with Crippen molar-refractivity contribution in [2.45, 2.75) is 38.5 Å². The van der Waals surface area contributed by atoms with Gasteiger partial charge < -0.3 is 10.5 Å². The van der Waals surface area contributed by atoms with Crippen LogP contribution in [0.5, 0.6) is 0 Å². The van der Waals surface area contributed by atoms with Gasteiger partial charge in [0.15, 0.2) is 0 Å². The van der Waals surface area contributed by atoms with Crippen LogP contribution in [0.1, 0.15) is 38.5 Å². The number of carboxylic acids is 1. The van der Waals surface area contributed by atoms with Crippen LogP contribution in [0.2, 0.25) is 0 Å². The SMILES string of the molecule is N=CC1(CC(=O)O)CCCCC1. The highest BCUT2D eigenvalue weighted by atomic mass is 16.4. The lowest BCUT2D eigenvalue weighted by Crippen LogP contribution is -2.28. The predicted molar refractivity (Wildman–Crippen MR) is 46.6 cm³/mol. The number of carboxylic acid groups (broad SMARTS) is 1. The van der Waals surface area contributed by atoms with Crippen LogP contribution in [0.3, 0.4) is 0 Å². The van der Waals surface area contributed by atoms with Gasteiger partial charge in [-0.15, -0.1) is 0 Å². The van der Waals surface area contributed by atoms with Crippen LogP contribution in [0.25, 0.3) is 0 Å². The van der Waals surface area contributed by atoms with Crippen molar-refractivity contribution in [3.63, 3.8) is 0 Å². The first-order valence-electron chi connectivity index (χ1n) is 4.42. The summed E-state index contributed by atoms with van der Waals surface area (Å²) < 4.78 is 0. The molecule has 12 heavy (non-hydrogen) atoms. The van der Waals surface area contributed by atoms with Crippen molar-refractivity contribution in [2.24, 2.45) is 5.41 Å². The number of nitrogens with one attached hydrogen (secondary N) is 1. The molecular formula is C9H15NO2. The van der Waals surface area contributed by atoms with Gasteiger partial charge in [0, 0.05) is 11.6 Å². The summed E-state index contributed by atoms with van der Waals surface area (Å²) in [6.45, 7) is 0. The lowest BCUT2D eigenvalue weighted by atomic mass is 9.73. The molecule has 0 aromatic heterocycles. The minimum Gasteiger partial charge on any atom is -0.481 e. The summed E-state index contributed by atoms with van der Waals surface area (Å²) in [6.07, 6.45) is 6.57. The second-order valence-electron chi connectivity index (χ2n) is 3.64. The molecule has 0 amide bonds. The Morgan fingerprint density at radius 3 is 2.42 bits per heavy atom. The Hall–Kier alpha value is -0.860. The Morgan fingerprint density at radius 1 is 1.42 bits per heavy atom. The molecule has 0 bridgehead atoms. The van der Waals surface area contributed by atoms with E-state index < -0.39 is 5.97 Å². The van der Waals surface area contributed by atoms with E-state index in [4.69, 9.17) is 10.5 Å². The molecule has 0 saturated heterocycles. The Labute approximate surface area is 72.3 Å². The first-order chi connectivity index (χ1) is 5.68. The number of hydrogen-bond donors (Lipinski definition) is 2. The maximum Gasteiger partial charge on any atom is 0.304 e. The highest BCUT2D eigenvalue weighted by Crippen LogP contribution is 2.37. The van der Waals surface area contributed by atoms with E-state index in [0.29, 0.717) is 0 Å². The molecule has 0 atom stereocenters. The minimum absolute atomic E-state index is 0.135. The van der Waals surface area contributed by atoms with Gasteiger partial charge >= 0.3 is 5.97 Å². The zero-order valence-electron chi connectivity index (χ0n) is 7.18. The maximum atomic E-state index is 10.5. The summed E-state index contributed by atoms with van der Waals surface area (Å²) in [5.41, 5.74) is -0.315. The summed E-state index contributed by atoms with van der Waals surface area (Å²) in [4.78, 5) is 10.5. The van der Waals surface area contributed by atoms with Crippen LogP contribution < -0.4 is 0 Å². The number of aliphatic carboxylic acids is 1. The molecule has 1 aliphatic rings. The van der Waals surface area contributed by atoms with Gasteiger partial charge in [-0.25, -0.2) is 0 Å². The minimum atomic E-state index is -0.777. The van der Waals surface area contributed by atoms with Crippen LogP contribution >= 0.6 is 0 Å². The van der Waals surface area contributed by atoms with Gasteiger partial charge in [-0.05, 0) is 12.8 Å². The van der Waals surface area contributed by atoms with Gasteiger partial charge in [0.05, 0.1) is 6.42 Å². The van der Waals surface area contributed by atoms with E-state index in [9.17, 15) is 4.79 Å². The number of hydrogen-bond acceptors (Lipinski definition) is 2. The van der Waals surface area contributed by atoms with Gasteiger partial charge in [0.1, 0.15) is 0 Å². The first-order valence-corrected chi connectivity index (χ1v) is 4.42. The topological polar surface area (TPSA) is 61.2 Å². The van der Waals surface area contributed by atoms with Crippen molar-refractivity contribution in [1.29, 1.82) is 5.41 Å². The van der Waals surface area contributed by atoms with E-state index in [-0.39, 0.29) is 11.8 Å². The van der Waals surface area contributed by atoms with Crippen molar-refractivity contribution in [2.75, 3.05) is 0 Å². The maximum absolute atomic E-state index is 10.5. The lowest BCUT2D eigenvalue weighted by molar-refractivity contribution is -0.139. The molecule has 1 aliphatic carbocycles. The fourth-order valence-corrected chi connectivity index (χ4v) is 1.93. The largest absolute Gasteiger partial charge is 0.481 e. The van der Waals surface area contributed by atoms with E-state index >= 15 is 0 Å². The third kappa shape index (κ3) is 2.06. The molecule has 68 valence electrons. The van der Waals surface area contributed by atoms with Crippen molar-refractivity contribution >= 4 is 12.2 Å². The Balaban J connectivity index is 2.59. The van der Waals surface area contributed by atoms with Gasteiger partial charge in [-0.2, -0.15) is 0 Å². The van der Waals surface area contributed by atoms with Crippen LogP contribution in [-0.4, -0.2) is 17.3 Å². The third-order valence-corrected chi connectivity index (χ3v) is 2.66. The normalized spacial score (nSPS) is 21.7. The predicted octanol–water partition coefficient (Wildman–Crippen LogP) is 2.06. The average molecular weight is 169 g/mol. The summed E-state index contributed by atoms with van der Waals surface area (Å²) in [5, 5.41) is 15.9. The number of carbonyl (C=O) groups is 1. The van der Waals surface area contributed by atoms with Crippen LogP contribution in [-0.2, 0) is 4.79 Å². The molecule has 1 fully saturated rings. The summed E-state index contributed by atoms with van der Waals surface area (Å²) in [6, 6.07) is 0.